The smallest absolute Gasteiger partial charge is 0.164 e. The second-order valence-electron chi connectivity index (χ2n) is 7.54. The highest BCUT2D eigenvalue weighted by Gasteiger charge is 2.11. The summed E-state index contributed by atoms with van der Waals surface area (Å²) in [4.78, 5) is 4.56. The van der Waals surface area contributed by atoms with Crippen LogP contribution in [-0.4, -0.2) is 42.8 Å². The van der Waals surface area contributed by atoms with Gasteiger partial charge in [0.1, 0.15) is 24.7 Å². The average Bonchev–Trinajstić information content (AvgIpc) is 3.29. The van der Waals surface area contributed by atoms with E-state index in [1.807, 2.05) is 30.5 Å². The van der Waals surface area contributed by atoms with Gasteiger partial charge >= 0.3 is 0 Å². The minimum absolute atomic E-state index is 0.271. The number of rotatable bonds is 8. The van der Waals surface area contributed by atoms with Crippen LogP contribution in [0.4, 0.5) is 10.1 Å². The Bertz CT molecular complexity index is 905. The topological polar surface area (TPSA) is 45.2 Å². The van der Waals surface area contributed by atoms with Crippen LogP contribution >= 0.6 is 0 Å². The molecule has 0 atom stereocenters. The average molecular weight is 410 g/mol. The summed E-state index contributed by atoms with van der Waals surface area (Å²) in [6.45, 7) is 5.05. The van der Waals surface area contributed by atoms with Crippen molar-refractivity contribution in [2.75, 3.05) is 37.7 Å². The number of hydrogen-bond donors (Lipinski definition) is 1. The highest BCUT2D eigenvalue weighted by Crippen LogP contribution is 2.23. The van der Waals surface area contributed by atoms with Crippen molar-refractivity contribution in [1.82, 2.24) is 4.90 Å². The van der Waals surface area contributed by atoms with E-state index < -0.39 is 5.82 Å². The molecule has 1 fully saturated rings. The predicted molar refractivity (Wildman–Crippen MR) is 115 cm³/mol. The third-order valence-electron chi connectivity index (χ3n) is 5.37. The molecule has 2 aromatic rings. The molecule has 4 rings (SSSR count). The molecular weight excluding hydrogens is 383 g/mol. The molecule has 5 nitrogen and oxygen atoms in total. The summed E-state index contributed by atoms with van der Waals surface area (Å²) in [5.74, 6) is 0.645. The number of allylic oxidation sites excluding steroid dienone is 1. The summed E-state index contributed by atoms with van der Waals surface area (Å²) in [7, 11) is 0. The minimum Gasteiger partial charge on any atom is -0.505 e. The van der Waals surface area contributed by atoms with Crippen molar-refractivity contribution in [3.8, 4) is 11.5 Å². The molecule has 2 aromatic carbocycles. The number of anilines is 1. The second kappa shape index (κ2) is 9.67. The number of hydrogen-bond acceptors (Lipinski definition) is 5. The third kappa shape index (κ3) is 5.33. The van der Waals surface area contributed by atoms with Crippen molar-refractivity contribution >= 4 is 5.69 Å². The van der Waals surface area contributed by atoms with Crippen LogP contribution in [0, 0.1) is 5.82 Å². The molecule has 6 heteroatoms. The van der Waals surface area contributed by atoms with Gasteiger partial charge in [-0.05, 0) is 80.0 Å². The molecule has 2 aliphatic heterocycles. The maximum absolute atomic E-state index is 13.1. The SMILES string of the molecule is Oc1cc(COC2=CCN(c3ccc(OCCN4CCCC4)cc3)C=C2)ccc1F. The number of phenols is 1. The molecule has 2 aliphatic rings. The molecule has 0 saturated carbocycles. The van der Waals surface area contributed by atoms with Crippen LogP contribution in [0.1, 0.15) is 18.4 Å². The maximum Gasteiger partial charge on any atom is 0.164 e. The number of halogens is 1. The summed E-state index contributed by atoms with van der Waals surface area (Å²) in [6.07, 6.45) is 8.46. The fraction of sp³-hybridized carbons (Fsp3) is 0.333. The van der Waals surface area contributed by atoms with Crippen molar-refractivity contribution in [3.63, 3.8) is 0 Å². The Morgan fingerprint density at radius 3 is 2.50 bits per heavy atom. The number of ether oxygens (including phenoxy) is 2. The number of benzene rings is 2. The minimum atomic E-state index is -0.630. The van der Waals surface area contributed by atoms with Gasteiger partial charge in [-0.3, -0.25) is 4.90 Å². The van der Waals surface area contributed by atoms with Crippen molar-refractivity contribution in [1.29, 1.82) is 0 Å². The van der Waals surface area contributed by atoms with Crippen LogP contribution in [0.15, 0.2) is 66.6 Å². The first-order valence-corrected chi connectivity index (χ1v) is 10.4. The van der Waals surface area contributed by atoms with Gasteiger partial charge in [-0.1, -0.05) is 6.07 Å². The molecular formula is C24H27FN2O3. The van der Waals surface area contributed by atoms with Crippen LogP contribution in [0.25, 0.3) is 0 Å². The summed E-state index contributed by atoms with van der Waals surface area (Å²) in [6, 6.07) is 12.3. The fourth-order valence-corrected chi connectivity index (χ4v) is 3.63. The van der Waals surface area contributed by atoms with Gasteiger partial charge in [-0.2, -0.15) is 0 Å². The lowest BCUT2D eigenvalue weighted by Gasteiger charge is -2.23. The van der Waals surface area contributed by atoms with Gasteiger partial charge in [0.05, 0.1) is 0 Å². The van der Waals surface area contributed by atoms with E-state index in [-0.39, 0.29) is 12.4 Å². The fourth-order valence-electron chi connectivity index (χ4n) is 3.63. The van der Waals surface area contributed by atoms with E-state index in [4.69, 9.17) is 9.47 Å². The summed E-state index contributed by atoms with van der Waals surface area (Å²) >= 11 is 0. The van der Waals surface area contributed by atoms with Crippen molar-refractivity contribution < 1.29 is 19.0 Å². The van der Waals surface area contributed by atoms with Gasteiger partial charge in [-0.25, -0.2) is 4.39 Å². The van der Waals surface area contributed by atoms with E-state index >= 15 is 0 Å². The Labute approximate surface area is 176 Å². The monoisotopic (exact) mass is 410 g/mol. The van der Waals surface area contributed by atoms with Crippen molar-refractivity contribution in [2.24, 2.45) is 0 Å². The molecule has 2 heterocycles. The lowest BCUT2D eigenvalue weighted by molar-refractivity contribution is 0.209. The van der Waals surface area contributed by atoms with Gasteiger partial charge in [0.25, 0.3) is 0 Å². The summed E-state index contributed by atoms with van der Waals surface area (Å²) < 4.78 is 24.7. The number of aromatic hydroxyl groups is 1. The summed E-state index contributed by atoms with van der Waals surface area (Å²) in [5, 5.41) is 9.44. The summed E-state index contributed by atoms with van der Waals surface area (Å²) in [5.41, 5.74) is 1.79. The van der Waals surface area contributed by atoms with Gasteiger partial charge in [0.2, 0.25) is 0 Å². The van der Waals surface area contributed by atoms with E-state index in [1.165, 1.54) is 38.1 Å². The molecule has 1 saturated heterocycles. The molecule has 30 heavy (non-hydrogen) atoms. The Balaban J connectivity index is 1.23. The van der Waals surface area contributed by atoms with E-state index in [1.54, 1.807) is 6.07 Å². The van der Waals surface area contributed by atoms with Gasteiger partial charge in [0.15, 0.2) is 11.6 Å². The molecule has 0 spiro atoms. The van der Waals surface area contributed by atoms with Crippen LogP contribution in [0.3, 0.4) is 0 Å². The van der Waals surface area contributed by atoms with Crippen LogP contribution in [-0.2, 0) is 11.3 Å². The number of phenolic OH excluding ortho intramolecular Hbond substituents is 1. The Morgan fingerprint density at radius 2 is 1.80 bits per heavy atom. The Kier molecular flexibility index (Phi) is 6.54. The molecule has 0 unspecified atom stereocenters. The second-order valence-corrected chi connectivity index (χ2v) is 7.54. The first kappa shape index (κ1) is 20.3. The molecule has 0 aromatic heterocycles. The molecule has 0 aliphatic carbocycles. The Hall–Kier alpha value is -2.99. The first-order chi connectivity index (χ1) is 14.7. The molecule has 0 radical (unpaired) electrons. The zero-order valence-corrected chi connectivity index (χ0v) is 17.0. The highest BCUT2D eigenvalue weighted by molar-refractivity contribution is 5.53. The van der Waals surface area contributed by atoms with Gasteiger partial charge < -0.3 is 19.5 Å². The highest BCUT2D eigenvalue weighted by atomic mass is 19.1. The van der Waals surface area contributed by atoms with E-state index in [9.17, 15) is 9.50 Å². The van der Waals surface area contributed by atoms with E-state index in [0.29, 0.717) is 12.1 Å². The maximum atomic E-state index is 13.1. The Morgan fingerprint density at radius 1 is 1.00 bits per heavy atom. The number of nitrogens with zero attached hydrogens (tertiary/aromatic N) is 2. The molecule has 0 amide bonds. The van der Waals surface area contributed by atoms with Crippen molar-refractivity contribution in [3.05, 3.63) is 78.0 Å². The van der Waals surface area contributed by atoms with Crippen LogP contribution in [0.5, 0.6) is 11.5 Å². The standard InChI is InChI=1S/C24H27FN2O3/c25-23-8-3-19(17-24(23)28)18-30-22-9-13-27(14-10-22)20-4-6-21(7-5-20)29-16-15-26-11-1-2-12-26/h3-10,13,17,28H,1-2,11-12,14-16,18H2. The zero-order chi connectivity index (χ0) is 20.8. The molecule has 158 valence electrons. The lowest BCUT2D eigenvalue weighted by atomic mass is 10.2. The van der Waals surface area contributed by atoms with Crippen molar-refractivity contribution in [2.45, 2.75) is 19.4 Å². The van der Waals surface area contributed by atoms with E-state index in [2.05, 4.69) is 21.9 Å². The van der Waals surface area contributed by atoms with Gasteiger partial charge in [-0.15, -0.1) is 0 Å². The quantitative estimate of drug-likeness (QED) is 0.697. The van der Waals surface area contributed by atoms with E-state index in [0.717, 1.165) is 30.3 Å². The van der Waals surface area contributed by atoms with Gasteiger partial charge in [0, 0.05) is 25.0 Å². The molecule has 1 N–H and O–H groups in total. The third-order valence-corrected chi connectivity index (χ3v) is 5.37. The largest absolute Gasteiger partial charge is 0.505 e. The number of likely N-dealkylation sites (tertiary alicyclic amines) is 1. The zero-order valence-electron chi connectivity index (χ0n) is 17.0. The predicted octanol–water partition coefficient (Wildman–Crippen LogP) is 4.44. The molecule has 0 bridgehead atoms. The first-order valence-electron chi connectivity index (χ1n) is 10.4. The van der Waals surface area contributed by atoms with Crippen LogP contribution < -0.4 is 9.64 Å². The van der Waals surface area contributed by atoms with Crippen LogP contribution in [0.2, 0.25) is 0 Å². The normalized spacial score (nSPS) is 16.6. The lowest BCUT2D eigenvalue weighted by Crippen LogP contribution is -2.25.